The molecule has 7 heteroatoms. The Morgan fingerprint density at radius 2 is 1.91 bits per heavy atom. The van der Waals surface area contributed by atoms with Crippen molar-refractivity contribution in [3.05, 3.63) is 29.6 Å². The SMILES string of the molecule is C[C@H]1CNCCN1C(=O)c1ccc(N2CCCC2)c(F)c1.Cl.Cl. The second-order valence-corrected chi connectivity index (χ2v) is 5.91. The number of benzene rings is 1. The molecule has 3 rings (SSSR count). The van der Waals surface area contributed by atoms with Gasteiger partial charge < -0.3 is 15.1 Å². The molecule has 0 bridgehead atoms. The molecule has 0 unspecified atom stereocenters. The van der Waals surface area contributed by atoms with Crippen LogP contribution in [0.1, 0.15) is 30.1 Å². The van der Waals surface area contributed by atoms with E-state index in [1.807, 2.05) is 11.8 Å². The van der Waals surface area contributed by atoms with E-state index in [2.05, 4.69) is 10.2 Å². The highest BCUT2D eigenvalue weighted by atomic mass is 35.5. The summed E-state index contributed by atoms with van der Waals surface area (Å²) in [5, 5.41) is 3.25. The van der Waals surface area contributed by atoms with Crippen molar-refractivity contribution in [1.29, 1.82) is 0 Å². The van der Waals surface area contributed by atoms with E-state index in [0.717, 1.165) is 39.0 Å². The van der Waals surface area contributed by atoms with Crippen molar-refractivity contribution in [1.82, 2.24) is 10.2 Å². The van der Waals surface area contributed by atoms with Crippen molar-refractivity contribution in [2.75, 3.05) is 37.6 Å². The van der Waals surface area contributed by atoms with Crippen LogP contribution in [0.3, 0.4) is 0 Å². The molecule has 1 N–H and O–H groups in total. The fraction of sp³-hybridized carbons (Fsp3) is 0.562. The lowest BCUT2D eigenvalue weighted by Gasteiger charge is -2.34. The summed E-state index contributed by atoms with van der Waals surface area (Å²) >= 11 is 0. The third-order valence-corrected chi connectivity index (χ3v) is 4.40. The molecule has 130 valence electrons. The first-order valence-corrected chi connectivity index (χ1v) is 7.73. The largest absolute Gasteiger partial charge is 0.369 e. The van der Waals surface area contributed by atoms with E-state index in [1.165, 1.54) is 6.07 Å². The first-order valence-electron chi connectivity index (χ1n) is 7.73. The number of carbonyl (C=O) groups is 1. The number of piperazine rings is 1. The molecule has 1 amide bonds. The minimum atomic E-state index is -0.287. The van der Waals surface area contributed by atoms with Crippen molar-refractivity contribution < 1.29 is 9.18 Å². The molecule has 0 aliphatic carbocycles. The molecule has 2 saturated heterocycles. The van der Waals surface area contributed by atoms with E-state index in [-0.39, 0.29) is 42.6 Å². The lowest BCUT2D eigenvalue weighted by Crippen LogP contribution is -2.52. The second kappa shape index (κ2) is 8.71. The zero-order valence-electron chi connectivity index (χ0n) is 13.3. The average molecular weight is 364 g/mol. The second-order valence-electron chi connectivity index (χ2n) is 5.91. The fourth-order valence-corrected chi connectivity index (χ4v) is 3.16. The molecule has 0 aromatic heterocycles. The predicted molar refractivity (Wildman–Crippen MR) is 95.7 cm³/mol. The lowest BCUT2D eigenvalue weighted by atomic mass is 10.1. The highest BCUT2D eigenvalue weighted by Crippen LogP contribution is 2.25. The van der Waals surface area contributed by atoms with Crippen LogP contribution in [-0.2, 0) is 0 Å². The smallest absolute Gasteiger partial charge is 0.254 e. The zero-order valence-corrected chi connectivity index (χ0v) is 14.9. The maximum atomic E-state index is 14.3. The van der Waals surface area contributed by atoms with E-state index in [0.29, 0.717) is 17.8 Å². The number of hydrogen-bond acceptors (Lipinski definition) is 3. The van der Waals surface area contributed by atoms with Gasteiger partial charge >= 0.3 is 0 Å². The monoisotopic (exact) mass is 363 g/mol. The van der Waals surface area contributed by atoms with Gasteiger partial charge in [-0.2, -0.15) is 0 Å². The quantitative estimate of drug-likeness (QED) is 0.877. The van der Waals surface area contributed by atoms with Gasteiger partial charge in [-0.15, -0.1) is 24.8 Å². The Morgan fingerprint density at radius 3 is 2.52 bits per heavy atom. The van der Waals surface area contributed by atoms with Crippen LogP contribution in [0.4, 0.5) is 10.1 Å². The van der Waals surface area contributed by atoms with Crippen LogP contribution in [0.5, 0.6) is 0 Å². The lowest BCUT2D eigenvalue weighted by molar-refractivity contribution is 0.0655. The molecule has 1 aromatic carbocycles. The van der Waals surface area contributed by atoms with Crippen LogP contribution in [0.25, 0.3) is 0 Å². The molecule has 2 fully saturated rings. The maximum Gasteiger partial charge on any atom is 0.254 e. The molecular weight excluding hydrogens is 340 g/mol. The highest BCUT2D eigenvalue weighted by Gasteiger charge is 2.25. The van der Waals surface area contributed by atoms with Gasteiger partial charge in [0.05, 0.1) is 5.69 Å². The van der Waals surface area contributed by atoms with Crippen LogP contribution in [-0.4, -0.2) is 49.6 Å². The number of halogens is 3. The molecule has 0 radical (unpaired) electrons. The van der Waals surface area contributed by atoms with Crippen molar-refractivity contribution in [3.8, 4) is 0 Å². The molecule has 1 atom stereocenters. The molecule has 4 nitrogen and oxygen atoms in total. The first kappa shape index (κ1) is 20.0. The molecule has 0 saturated carbocycles. The van der Waals surface area contributed by atoms with Crippen LogP contribution in [0.15, 0.2) is 18.2 Å². The number of rotatable bonds is 2. The van der Waals surface area contributed by atoms with Crippen molar-refractivity contribution in [2.24, 2.45) is 0 Å². The van der Waals surface area contributed by atoms with E-state index in [9.17, 15) is 9.18 Å². The Hall–Kier alpha value is -1.04. The highest BCUT2D eigenvalue weighted by molar-refractivity contribution is 5.95. The Balaban J connectivity index is 0.00000132. The van der Waals surface area contributed by atoms with Gasteiger partial charge in [0.25, 0.3) is 5.91 Å². The van der Waals surface area contributed by atoms with E-state index < -0.39 is 0 Å². The summed E-state index contributed by atoms with van der Waals surface area (Å²) in [5.74, 6) is -0.360. The topological polar surface area (TPSA) is 35.6 Å². The van der Waals surface area contributed by atoms with E-state index in [4.69, 9.17) is 0 Å². The van der Waals surface area contributed by atoms with Crippen LogP contribution in [0, 0.1) is 5.82 Å². The van der Waals surface area contributed by atoms with Gasteiger partial charge in [0.15, 0.2) is 0 Å². The molecule has 1 aromatic rings. The van der Waals surface area contributed by atoms with E-state index in [1.54, 1.807) is 12.1 Å². The average Bonchev–Trinajstić information content (AvgIpc) is 3.01. The van der Waals surface area contributed by atoms with Crippen LogP contribution >= 0.6 is 24.8 Å². The molecular formula is C16H24Cl2FN3O. The number of amides is 1. The van der Waals surface area contributed by atoms with Crippen LogP contribution < -0.4 is 10.2 Å². The molecule has 2 heterocycles. The summed E-state index contributed by atoms with van der Waals surface area (Å²) in [5.41, 5.74) is 1.07. The summed E-state index contributed by atoms with van der Waals surface area (Å²) in [6, 6.07) is 5.05. The zero-order chi connectivity index (χ0) is 14.8. The third kappa shape index (κ3) is 4.28. The Morgan fingerprint density at radius 1 is 1.22 bits per heavy atom. The standard InChI is InChI=1S/C16H22FN3O.2ClH/c1-12-11-18-6-9-20(12)16(21)13-4-5-15(14(17)10-13)19-7-2-3-8-19;;/h4-5,10,12,18H,2-3,6-9,11H2,1H3;2*1H/t12-;;/m0../s1. The summed E-state index contributed by atoms with van der Waals surface area (Å²) in [7, 11) is 0. The predicted octanol–water partition coefficient (Wildman–Crippen LogP) is 2.70. The van der Waals surface area contributed by atoms with Crippen molar-refractivity contribution >= 4 is 36.4 Å². The van der Waals surface area contributed by atoms with Gasteiger partial charge in [0, 0.05) is 44.3 Å². The summed E-state index contributed by atoms with van der Waals surface area (Å²) in [6.45, 7) is 6.08. The minimum absolute atomic E-state index is 0. The van der Waals surface area contributed by atoms with E-state index >= 15 is 0 Å². The molecule has 23 heavy (non-hydrogen) atoms. The molecule has 0 spiro atoms. The molecule has 2 aliphatic heterocycles. The van der Waals surface area contributed by atoms with Crippen LogP contribution in [0.2, 0.25) is 0 Å². The van der Waals surface area contributed by atoms with Gasteiger partial charge in [0.1, 0.15) is 5.82 Å². The number of anilines is 1. The van der Waals surface area contributed by atoms with Gasteiger partial charge in [-0.05, 0) is 38.0 Å². The van der Waals surface area contributed by atoms with Gasteiger partial charge in [0.2, 0.25) is 0 Å². The van der Waals surface area contributed by atoms with Crippen molar-refractivity contribution in [3.63, 3.8) is 0 Å². The Kier molecular flexibility index (Phi) is 7.58. The number of carbonyl (C=O) groups excluding carboxylic acids is 1. The van der Waals surface area contributed by atoms with Gasteiger partial charge in [-0.25, -0.2) is 4.39 Å². The fourth-order valence-electron chi connectivity index (χ4n) is 3.16. The third-order valence-electron chi connectivity index (χ3n) is 4.40. The van der Waals surface area contributed by atoms with Gasteiger partial charge in [-0.3, -0.25) is 4.79 Å². The van der Waals surface area contributed by atoms with Crippen molar-refractivity contribution in [2.45, 2.75) is 25.8 Å². The Labute approximate surface area is 149 Å². The number of hydrogen-bond donors (Lipinski definition) is 1. The number of nitrogens with zero attached hydrogens (tertiary/aromatic N) is 2. The minimum Gasteiger partial charge on any atom is -0.369 e. The summed E-state index contributed by atoms with van der Waals surface area (Å²) < 4.78 is 14.3. The summed E-state index contributed by atoms with van der Waals surface area (Å²) in [6.07, 6.45) is 2.22. The van der Waals surface area contributed by atoms with Gasteiger partial charge in [-0.1, -0.05) is 0 Å². The first-order chi connectivity index (χ1) is 10.2. The maximum absolute atomic E-state index is 14.3. The normalized spacial score (nSPS) is 20.7. The molecule has 2 aliphatic rings. The summed E-state index contributed by atoms with van der Waals surface area (Å²) in [4.78, 5) is 16.4. The Bertz CT molecular complexity index is 538. The number of nitrogens with one attached hydrogen (secondary N) is 1.